The Hall–Kier alpha value is -3.63. The molecule has 2 heterocycles. The third-order valence-corrected chi connectivity index (χ3v) is 3.93. The molecule has 0 fully saturated rings. The van der Waals surface area contributed by atoms with Crippen LogP contribution in [0.5, 0.6) is 0 Å². The number of nitrogens with zero attached hydrogens (tertiary/aromatic N) is 4. The van der Waals surface area contributed by atoms with E-state index in [1.54, 1.807) is 0 Å². The summed E-state index contributed by atoms with van der Waals surface area (Å²) in [6.07, 6.45) is -3.48. The molecule has 0 spiro atoms. The summed E-state index contributed by atoms with van der Waals surface area (Å²) >= 11 is 0. The number of aromatic nitrogens is 4. The van der Waals surface area contributed by atoms with Gasteiger partial charge in [0.15, 0.2) is 5.69 Å². The van der Waals surface area contributed by atoms with Crippen molar-refractivity contribution in [2.45, 2.75) is 13.1 Å². The van der Waals surface area contributed by atoms with E-state index in [9.17, 15) is 22.8 Å². The molecule has 8 nitrogen and oxygen atoms in total. The van der Waals surface area contributed by atoms with Gasteiger partial charge in [0.1, 0.15) is 11.3 Å². The standard InChI is InChI=1S/C17H14F3N5O3/c1-9-7-13(17(18,19)20)23-25(9)11-5-3-10(4-6-11)22-15(26)14-12(16(27)28)8-21-24(14)2/h3-8H,1-2H3,(H,22,26)(H,27,28). The Morgan fingerprint density at radius 2 is 1.82 bits per heavy atom. The van der Waals surface area contributed by atoms with Crippen LogP contribution in [0.25, 0.3) is 5.69 Å². The molecular weight excluding hydrogens is 379 g/mol. The van der Waals surface area contributed by atoms with Gasteiger partial charge in [0.25, 0.3) is 5.91 Å². The van der Waals surface area contributed by atoms with Crippen LogP contribution in [0.1, 0.15) is 32.2 Å². The van der Waals surface area contributed by atoms with Crippen LogP contribution in [0.3, 0.4) is 0 Å². The van der Waals surface area contributed by atoms with E-state index in [1.807, 2.05) is 0 Å². The number of rotatable bonds is 4. The SMILES string of the molecule is Cc1cc(C(F)(F)F)nn1-c1ccc(NC(=O)c2c(C(=O)O)cnn2C)cc1. The summed E-state index contributed by atoms with van der Waals surface area (Å²) in [7, 11) is 1.43. The Bertz CT molecular complexity index is 1050. The van der Waals surface area contributed by atoms with Crippen molar-refractivity contribution in [2.75, 3.05) is 5.32 Å². The highest BCUT2D eigenvalue weighted by atomic mass is 19.4. The van der Waals surface area contributed by atoms with Gasteiger partial charge in [-0.2, -0.15) is 23.4 Å². The van der Waals surface area contributed by atoms with Gasteiger partial charge in [-0.15, -0.1) is 0 Å². The minimum Gasteiger partial charge on any atom is -0.478 e. The van der Waals surface area contributed by atoms with Gasteiger partial charge >= 0.3 is 12.1 Å². The summed E-state index contributed by atoms with van der Waals surface area (Å²) in [4.78, 5) is 23.5. The fourth-order valence-corrected chi connectivity index (χ4v) is 2.61. The third kappa shape index (κ3) is 3.59. The molecule has 0 saturated heterocycles. The van der Waals surface area contributed by atoms with E-state index < -0.39 is 23.7 Å². The van der Waals surface area contributed by atoms with Crippen molar-refractivity contribution in [3.63, 3.8) is 0 Å². The average molecular weight is 393 g/mol. The first-order valence-electron chi connectivity index (χ1n) is 7.89. The largest absolute Gasteiger partial charge is 0.478 e. The second-order valence-electron chi connectivity index (χ2n) is 5.92. The number of carboxylic acid groups (broad SMARTS) is 1. The number of nitrogens with one attached hydrogen (secondary N) is 1. The summed E-state index contributed by atoms with van der Waals surface area (Å²) in [6, 6.07) is 6.84. The van der Waals surface area contributed by atoms with Crippen molar-refractivity contribution in [2.24, 2.45) is 7.05 Å². The van der Waals surface area contributed by atoms with Gasteiger partial charge in [0, 0.05) is 18.4 Å². The van der Waals surface area contributed by atoms with Crippen LogP contribution in [0.2, 0.25) is 0 Å². The molecule has 0 saturated carbocycles. The lowest BCUT2D eigenvalue weighted by Gasteiger charge is -2.09. The van der Waals surface area contributed by atoms with E-state index >= 15 is 0 Å². The molecule has 11 heteroatoms. The first-order valence-corrected chi connectivity index (χ1v) is 7.89. The predicted octanol–water partition coefficient (Wildman–Crippen LogP) is 2.88. The van der Waals surface area contributed by atoms with Gasteiger partial charge in [-0.25, -0.2) is 9.48 Å². The molecule has 1 amide bonds. The van der Waals surface area contributed by atoms with Gasteiger partial charge in [0.05, 0.1) is 11.9 Å². The topological polar surface area (TPSA) is 102 Å². The Kier molecular flexibility index (Phi) is 4.67. The first-order chi connectivity index (χ1) is 13.1. The van der Waals surface area contributed by atoms with Gasteiger partial charge in [-0.3, -0.25) is 9.48 Å². The van der Waals surface area contributed by atoms with Crippen LogP contribution in [0.15, 0.2) is 36.5 Å². The molecule has 0 atom stereocenters. The number of hydrogen-bond acceptors (Lipinski definition) is 4. The fourth-order valence-electron chi connectivity index (χ4n) is 2.61. The first kappa shape index (κ1) is 19.1. The Morgan fingerprint density at radius 1 is 1.18 bits per heavy atom. The summed E-state index contributed by atoms with van der Waals surface area (Å²) in [5, 5.41) is 19.0. The number of anilines is 1. The Labute approximate surface area is 156 Å². The maximum Gasteiger partial charge on any atom is 0.435 e. The second-order valence-corrected chi connectivity index (χ2v) is 5.92. The van der Waals surface area contributed by atoms with Crippen LogP contribution in [0.4, 0.5) is 18.9 Å². The minimum atomic E-state index is -4.55. The molecule has 146 valence electrons. The zero-order chi connectivity index (χ0) is 20.6. The highest BCUT2D eigenvalue weighted by Crippen LogP contribution is 2.29. The number of alkyl halides is 3. The number of halogens is 3. The summed E-state index contributed by atoms with van der Waals surface area (Å²) < 4.78 is 40.6. The third-order valence-electron chi connectivity index (χ3n) is 3.93. The number of aromatic carboxylic acids is 1. The highest BCUT2D eigenvalue weighted by molar-refractivity contribution is 6.09. The average Bonchev–Trinajstić information content (AvgIpc) is 3.18. The van der Waals surface area contributed by atoms with Crippen LogP contribution in [0, 0.1) is 6.92 Å². The quantitative estimate of drug-likeness (QED) is 0.710. The van der Waals surface area contributed by atoms with Crippen molar-refractivity contribution in [1.82, 2.24) is 19.6 Å². The molecule has 1 aromatic carbocycles. The molecule has 0 unspecified atom stereocenters. The normalized spacial score (nSPS) is 11.5. The molecule has 0 aliphatic carbocycles. The van der Waals surface area contributed by atoms with Crippen LogP contribution in [-0.2, 0) is 13.2 Å². The smallest absolute Gasteiger partial charge is 0.435 e. The molecule has 28 heavy (non-hydrogen) atoms. The van der Waals surface area contributed by atoms with E-state index in [0.717, 1.165) is 21.6 Å². The monoisotopic (exact) mass is 393 g/mol. The van der Waals surface area contributed by atoms with Crippen molar-refractivity contribution < 1.29 is 27.9 Å². The second kappa shape index (κ2) is 6.83. The zero-order valence-electron chi connectivity index (χ0n) is 14.7. The molecule has 2 aromatic heterocycles. The molecule has 0 aliphatic rings. The molecule has 0 radical (unpaired) electrons. The number of aryl methyl sites for hydroxylation is 2. The van der Waals surface area contributed by atoms with E-state index in [4.69, 9.17) is 5.11 Å². The van der Waals surface area contributed by atoms with Gasteiger partial charge in [-0.1, -0.05) is 0 Å². The molecule has 0 aliphatic heterocycles. The van der Waals surface area contributed by atoms with E-state index in [2.05, 4.69) is 15.5 Å². The van der Waals surface area contributed by atoms with Crippen molar-refractivity contribution >= 4 is 17.6 Å². The van der Waals surface area contributed by atoms with Crippen molar-refractivity contribution in [1.29, 1.82) is 0 Å². The maximum absolute atomic E-state index is 12.8. The number of benzene rings is 1. The summed E-state index contributed by atoms with van der Waals surface area (Å²) in [6.45, 7) is 1.49. The molecular formula is C17H14F3N5O3. The number of hydrogen-bond donors (Lipinski definition) is 2. The van der Waals surface area contributed by atoms with Gasteiger partial charge in [-0.05, 0) is 37.3 Å². The zero-order valence-corrected chi connectivity index (χ0v) is 14.7. The van der Waals surface area contributed by atoms with E-state index in [-0.39, 0.29) is 11.3 Å². The van der Waals surface area contributed by atoms with Crippen LogP contribution in [-0.4, -0.2) is 36.5 Å². The molecule has 3 rings (SSSR count). The lowest BCUT2D eigenvalue weighted by atomic mass is 10.2. The molecule has 2 N–H and O–H groups in total. The van der Waals surface area contributed by atoms with Crippen molar-refractivity contribution in [3.05, 3.63) is 59.2 Å². The van der Waals surface area contributed by atoms with Gasteiger partial charge in [0.2, 0.25) is 0 Å². The number of amides is 1. The van der Waals surface area contributed by atoms with E-state index in [1.165, 1.54) is 38.2 Å². The Morgan fingerprint density at radius 3 is 2.36 bits per heavy atom. The minimum absolute atomic E-state index is 0.130. The highest BCUT2D eigenvalue weighted by Gasteiger charge is 2.34. The van der Waals surface area contributed by atoms with E-state index in [0.29, 0.717) is 17.1 Å². The molecule has 0 bridgehead atoms. The number of carbonyl (C=O) groups excluding carboxylic acids is 1. The maximum atomic E-state index is 12.8. The lowest BCUT2D eigenvalue weighted by Crippen LogP contribution is -2.19. The summed E-state index contributed by atoms with van der Waals surface area (Å²) in [5.41, 5.74) is -0.382. The summed E-state index contributed by atoms with van der Waals surface area (Å²) in [5.74, 6) is -1.97. The fraction of sp³-hybridized carbons (Fsp3) is 0.176. The van der Waals surface area contributed by atoms with Crippen LogP contribution < -0.4 is 5.32 Å². The molecule has 3 aromatic rings. The Balaban J connectivity index is 1.83. The van der Waals surface area contributed by atoms with Crippen molar-refractivity contribution in [3.8, 4) is 5.69 Å². The number of carbonyl (C=O) groups is 2. The van der Waals surface area contributed by atoms with Crippen LogP contribution >= 0.6 is 0 Å². The lowest BCUT2D eigenvalue weighted by molar-refractivity contribution is -0.141. The predicted molar refractivity (Wildman–Crippen MR) is 91.4 cm³/mol. The number of carboxylic acids is 1. The van der Waals surface area contributed by atoms with Gasteiger partial charge < -0.3 is 10.4 Å².